The van der Waals surface area contributed by atoms with Crippen LogP contribution in [0.25, 0.3) is 0 Å². The summed E-state index contributed by atoms with van der Waals surface area (Å²) < 4.78 is 0. The number of hydrogen-bond acceptors (Lipinski definition) is 0. The third kappa shape index (κ3) is 4.43. The van der Waals surface area contributed by atoms with Crippen LogP contribution in [0, 0.1) is 0 Å². The zero-order valence-electron chi connectivity index (χ0n) is 11.1. The van der Waals surface area contributed by atoms with Gasteiger partial charge in [-0.25, -0.2) is 0 Å². The predicted octanol–water partition coefficient (Wildman–Crippen LogP) is 3.41. The molecule has 0 N–H and O–H groups in total. The first kappa shape index (κ1) is 13.4. The first-order chi connectivity index (χ1) is 7.77. The lowest BCUT2D eigenvalue weighted by Gasteiger charge is -2.15. The van der Waals surface area contributed by atoms with Crippen molar-refractivity contribution in [1.82, 2.24) is 0 Å². The van der Waals surface area contributed by atoms with Gasteiger partial charge in [-0.05, 0) is 24.3 Å². The molecule has 1 atom stereocenters. The van der Waals surface area contributed by atoms with E-state index >= 15 is 0 Å². The van der Waals surface area contributed by atoms with Gasteiger partial charge in [0.1, 0.15) is 7.85 Å². The zero-order chi connectivity index (χ0) is 11.8. The van der Waals surface area contributed by atoms with Gasteiger partial charge in [-0.3, -0.25) is 0 Å². The molecule has 88 valence electrons. The van der Waals surface area contributed by atoms with Crippen molar-refractivity contribution in [3.8, 4) is 0 Å². The molecule has 1 rings (SSSR count). The van der Waals surface area contributed by atoms with Gasteiger partial charge in [0.15, 0.2) is 0 Å². The maximum Gasteiger partial charge on any atom is 0.139 e. The molecule has 1 heteroatoms. The zero-order valence-corrected chi connectivity index (χ0v) is 11.1. The molecule has 0 radical (unpaired) electrons. The van der Waals surface area contributed by atoms with Crippen LogP contribution in [-0.4, -0.2) is 7.85 Å². The summed E-state index contributed by atoms with van der Waals surface area (Å²) in [5.74, 6) is 0.775. The second-order valence-electron chi connectivity index (χ2n) is 4.87. The summed E-state index contributed by atoms with van der Waals surface area (Å²) in [5, 5.41) is 0. The molecule has 1 unspecified atom stereocenters. The van der Waals surface area contributed by atoms with Crippen molar-refractivity contribution in [3.63, 3.8) is 0 Å². The number of rotatable bonds is 7. The Bertz CT molecular complexity index is 293. The Balaban J connectivity index is 2.47. The van der Waals surface area contributed by atoms with Gasteiger partial charge in [-0.2, -0.15) is 0 Å². The van der Waals surface area contributed by atoms with Gasteiger partial charge < -0.3 is 0 Å². The Morgan fingerprint density at radius 3 is 2.56 bits per heavy atom. The van der Waals surface area contributed by atoms with Crippen LogP contribution in [0.5, 0.6) is 0 Å². The molecule has 0 aliphatic heterocycles. The molecule has 1 aromatic rings. The SMILES string of the molecule is Bc1cccc(C(CC)CCCCCC)c1. The second-order valence-corrected chi connectivity index (χ2v) is 4.87. The van der Waals surface area contributed by atoms with E-state index in [2.05, 4.69) is 46.0 Å². The van der Waals surface area contributed by atoms with Gasteiger partial charge >= 0.3 is 0 Å². The van der Waals surface area contributed by atoms with Crippen molar-refractivity contribution >= 4 is 13.3 Å². The molecule has 0 aliphatic carbocycles. The average Bonchev–Trinajstić information content (AvgIpc) is 2.29. The summed E-state index contributed by atoms with van der Waals surface area (Å²) in [4.78, 5) is 0. The molecule has 0 saturated carbocycles. The van der Waals surface area contributed by atoms with Gasteiger partial charge in [0.05, 0.1) is 0 Å². The normalized spacial score (nSPS) is 12.6. The summed E-state index contributed by atoms with van der Waals surface area (Å²) in [6.45, 7) is 4.59. The molecule has 0 aliphatic rings. The topological polar surface area (TPSA) is 0 Å². The fourth-order valence-electron chi connectivity index (χ4n) is 2.35. The number of hydrogen-bond donors (Lipinski definition) is 0. The van der Waals surface area contributed by atoms with Crippen LogP contribution < -0.4 is 5.46 Å². The molecular weight excluding hydrogens is 191 g/mol. The van der Waals surface area contributed by atoms with Crippen molar-refractivity contribution in [3.05, 3.63) is 29.8 Å². The van der Waals surface area contributed by atoms with Crippen molar-refractivity contribution < 1.29 is 0 Å². The number of unbranched alkanes of at least 4 members (excludes halogenated alkanes) is 3. The van der Waals surface area contributed by atoms with E-state index in [1.807, 2.05) is 0 Å². The molecule has 0 amide bonds. The van der Waals surface area contributed by atoms with Gasteiger partial charge in [0, 0.05) is 0 Å². The molecule has 0 aromatic heterocycles. The standard InChI is InChI=1S/C15H25B/c1-3-5-6-7-9-13(4-2)14-10-8-11-15(16)12-14/h8,10-13H,3-7,9,16H2,1-2H3. The molecule has 0 spiro atoms. The van der Waals surface area contributed by atoms with E-state index < -0.39 is 0 Å². The molecule has 0 saturated heterocycles. The van der Waals surface area contributed by atoms with E-state index in [4.69, 9.17) is 0 Å². The third-order valence-electron chi connectivity index (χ3n) is 3.41. The predicted molar refractivity (Wildman–Crippen MR) is 76.4 cm³/mol. The summed E-state index contributed by atoms with van der Waals surface area (Å²) >= 11 is 0. The highest BCUT2D eigenvalue weighted by atomic mass is 14.1. The second kappa shape index (κ2) is 7.54. The van der Waals surface area contributed by atoms with Crippen molar-refractivity contribution in [2.75, 3.05) is 0 Å². The van der Waals surface area contributed by atoms with Crippen LogP contribution in [0.15, 0.2) is 24.3 Å². The van der Waals surface area contributed by atoms with Crippen LogP contribution in [0.1, 0.15) is 63.9 Å². The monoisotopic (exact) mass is 216 g/mol. The first-order valence-corrected chi connectivity index (χ1v) is 6.84. The fourth-order valence-corrected chi connectivity index (χ4v) is 2.35. The van der Waals surface area contributed by atoms with Crippen molar-refractivity contribution in [2.45, 2.75) is 58.3 Å². The summed E-state index contributed by atoms with van der Waals surface area (Å²) in [6.07, 6.45) is 8.15. The van der Waals surface area contributed by atoms with Gasteiger partial charge in [0.2, 0.25) is 0 Å². The molecule has 0 heterocycles. The highest BCUT2D eigenvalue weighted by Gasteiger charge is 2.08. The van der Waals surface area contributed by atoms with E-state index in [1.54, 1.807) is 5.56 Å². The fraction of sp³-hybridized carbons (Fsp3) is 0.600. The molecule has 0 bridgehead atoms. The Morgan fingerprint density at radius 1 is 1.12 bits per heavy atom. The molecule has 0 nitrogen and oxygen atoms in total. The molecular formula is C15H25B. The summed E-state index contributed by atoms with van der Waals surface area (Å²) in [5.41, 5.74) is 2.93. The van der Waals surface area contributed by atoms with Gasteiger partial charge in [-0.1, -0.05) is 69.3 Å². The van der Waals surface area contributed by atoms with E-state index in [-0.39, 0.29) is 0 Å². The van der Waals surface area contributed by atoms with Crippen LogP contribution in [0.2, 0.25) is 0 Å². The van der Waals surface area contributed by atoms with Crippen molar-refractivity contribution in [1.29, 1.82) is 0 Å². The molecule has 0 fully saturated rings. The largest absolute Gasteiger partial charge is 0.139 e. The Kier molecular flexibility index (Phi) is 6.29. The van der Waals surface area contributed by atoms with Gasteiger partial charge in [0.25, 0.3) is 0 Å². The minimum absolute atomic E-state index is 0.775. The maximum absolute atomic E-state index is 2.36. The Morgan fingerprint density at radius 2 is 1.94 bits per heavy atom. The molecule has 1 aromatic carbocycles. The Labute approximate surface area is 102 Å². The lowest BCUT2D eigenvalue weighted by atomic mass is 9.86. The van der Waals surface area contributed by atoms with Crippen LogP contribution in [0.4, 0.5) is 0 Å². The Hall–Kier alpha value is -0.715. The van der Waals surface area contributed by atoms with E-state index in [0.29, 0.717) is 0 Å². The molecule has 16 heavy (non-hydrogen) atoms. The van der Waals surface area contributed by atoms with Crippen molar-refractivity contribution in [2.24, 2.45) is 0 Å². The minimum atomic E-state index is 0.775. The van der Waals surface area contributed by atoms with Crippen LogP contribution >= 0.6 is 0 Å². The number of benzene rings is 1. The van der Waals surface area contributed by atoms with Crippen LogP contribution in [-0.2, 0) is 0 Å². The van der Waals surface area contributed by atoms with E-state index in [9.17, 15) is 0 Å². The third-order valence-corrected chi connectivity index (χ3v) is 3.41. The average molecular weight is 216 g/mol. The quantitative estimate of drug-likeness (QED) is 0.484. The highest BCUT2D eigenvalue weighted by molar-refractivity contribution is 6.32. The maximum atomic E-state index is 2.36. The lowest BCUT2D eigenvalue weighted by Crippen LogP contribution is -2.06. The highest BCUT2D eigenvalue weighted by Crippen LogP contribution is 2.25. The van der Waals surface area contributed by atoms with Gasteiger partial charge in [-0.15, -0.1) is 0 Å². The van der Waals surface area contributed by atoms with E-state index in [1.165, 1.54) is 44.0 Å². The lowest BCUT2D eigenvalue weighted by molar-refractivity contribution is 0.543. The summed E-state index contributed by atoms with van der Waals surface area (Å²) in [7, 11) is 2.19. The first-order valence-electron chi connectivity index (χ1n) is 6.84. The summed E-state index contributed by atoms with van der Waals surface area (Å²) in [6, 6.07) is 9.03. The van der Waals surface area contributed by atoms with E-state index in [0.717, 1.165) is 5.92 Å². The van der Waals surface area contributed by atoms with Crippen LogP contribution in [0.3, 0.4) is 0 Å². The minimum Gasteiger partial charge on any atom is -0.0887 e. The smallest absolute Gasteiger partial charge is 0.0887 e.